The van der Waals surface area contributed by atoms with Gasteiger partial charge in [0.05, 0.1) is 5.69 Å². The molecular formula is C23H30ClN3O4. The maximum atomic E-state index is 12.0. The monoisotopic (exact) mass is 447 g/mol. The average Bonchev–Trinajstić information content (AvgIpc) is 3.16. The lowest BCUT2D eigenvalue weighted by Gasteiger charge is -2.21. The Morgan fingerprint density at radius 2 is 2.03 bits per heavy atom. The highest BCUT2D eigenvalue weighted by Gasteiger charge is 2.26. The van der Waals surface area contributed by atoms with Gasteiger partial charge in [0.25, 0.3) is 0 Å². The minimum atomic E-state index is -0.660. The summed E-state index contributed by atoms with van der Waals surface area (Å²) in [6, 6.07) is 12.7. The first-order valence-electron chi connectivity index (χ1n) is 10.3. The Labute approximate surface area is 188 Å². The van der Waals surface area contributed by atoms with Crippen molar-refractivity contribution in [2.75, 3.05) is 45.7 Å². The number of carbonyl (C=O) groups is 1. The maximum absolute atomic E-state index is 12.0. The van der Waals surface area contributed by atoms with Gasteiger partial charge in [-0.2, -0.15) is 0 Å². The third kappa shape index (κ3) is 7.02. The van der Waals surface area contributed by atoms with Crippen LogP contribution in [0.1, 0.15) is 12.0 Å². The molecule has 2 unspecified atom stereocenters. The fourth-order valence-corrected chi connectivity index (χ4v) is 3.51. The number of hydrogen-bond donors (Lipinski definition) is 2. The number of aliphatic hydroxyl groups excluding tert-OH is 1. The summed E-state index contributed by atoms with van der Waals surface area (Å²) >= 11 is 5.91. The molecule has 0 aliphatic carbocycles. The molecule has 1 fully saturated rings. The second-order valence-corrected chi connectivity index (χ2v) is 8.47. The number of ether oxygens (including phenoxy) is 2. The smallest absolute Gasteiger partial charge is 0.321 e. The fourth-order valence-electron chi connectivity index (χ4n) is 3.38. The van der Waals surface area contributed by atoms with Gasteiger partial charge in [-0.15, -0.1) is 0 Å². The first-order valence-corrected chi connectivity index (χ1v) is 10.7. The molecule has 7 nitrogen and oxygen atoms in total. The Bertz CT molecular complexity index is 876. The van der Waals surface area contributed by atoms with Crippen LogP contribution in [-0.2, 0) is 0 Å². The number of halogens is 1. The van der Waals surface area contributed by atoms with E-state index in [0.29, 0.717) is 23.0 Å². The predicted molar refractivity (Wildman–Crippen MR) is 122 cm³/mol. The Kier molecular flexibility index (Phi) is 8.01. The van der Waals surface area contributed by atoms with Crippen LogP contribution in [-0.4, -0.2) is 73.5 Å². The zero-order chi connectivity index (χ0) is 22.4. The van der Waals surface area contributed by atoms with E-state index < -0.39 is 6.10 Å². The van der Waals surface area contributed by atoms with E-state index in [9.17, 15) is 9.90 Å². The molecule has 8 heteroatoms. The number of rotatable bonds is 8. The van der Waals surface area contributed by atoms with Crippen molar-refractivity contribution >= 4 is 23.3 Å². The summed E-state index contributed by atoms with van der Waals surface area (Å²) < 4.78 is 11.8. The van der Waals surface area contributed by atoms with Gasteiger partial charge in [-0.1, -0.05) is 17.7 Å². The van der Waals surface area contributed by atoms with E-state index in [0.717, 1.165) is 30.8 Å². The number of likely N-dealkylation sites (tertiary alicyclic amines) is 1. The van der Waals surface area contributed by atoms with Gasteiger partial charge in [-0.25, -0.2) is 4.79 Å². The molecule has 2 N–H and O–H groups in total. The van der Waals surface area contributed by atoms with E-state index in [-0.39, 0.29) is 18.7 Å². The first-order chi connectivity index (χ1) is 14.8. The van der Waals surface area contributed by atoms with Crippen LogP contribution in [0, 0.1) is 6.92 Å². The third-order valence-corrected chi connectivity index (χ3v) is 5.28. The quantitative estimate of drug-likeness (QED) is 0.646. The van der Waals surface area contributed by atoms with Crippen LogP contribution in [0.15, 0.2) is 42.5 Å². The molecule has 0 radical (unpaired) electrons. The first kappa shape index (κ1) is 23.2. The summed E-state index contributed by atoms with van der Waals surface area (Å²) in [6.45, 7) is 4.17. The highest BCUT2D eigenvalue weighted by molar-refractivity contribution is 6.30. The number of carbonyl (C=O) groups excluding carboxylic acids is 1. The number of amides is 2. The predicted octanol–water partition coefficient (Wildman–Crippen LogP) is 3.63. The van der Waals surface area contributed by atoms with Crippen LogP contribution in [0.3, 0.4) is 0 Å². The van der Waals surface area contributed by atoms with Gasteiger partial charge in [-0.3, -0.25) is 4.90 Å². The van der Waals surface area contributed by atoms with Gasteiger partial charge in [0.15, 0.2) is 0 Å². The molecule has 0 bridgehead atoms. The number of hydrogen-bond acceptors (Lipinski definition) is 5. The van der Waals surface area contributed by atoms with Gasteiger partial charge >= 0.3 is 6.03 Å². The topological polar surface area (TPSA) is 74.3 Å². The highest BCUT2D eigenvalue weighted by Crippen LogP contribution is 2.26. The lowest BCUT2D eigenvalue weighted by atomic mass is 10.2. The average molecular weight is 448 g/mol. The van der Waals surface area contributed by atoms with Gasteiger partial charge in [0, 0.05) is 38.8 Å². The Morgan fingerprint density at radius 1 is 1.29 bits per heavy atom. The van der Waals surface area contributed by atoms with E-state index in [4.69, 9.17) is 21.1 Å². The zero-order valence-electron chi connectivity index (χ0n) is 18.2. The number of β-amino-alcohol motifs (C(OH)–C–C–N with tert-alkyl or cyclic N) is 1. The number of aliphatic hydroxyl groups is 1. The summed E-state index contributed by atoms with van der Waals surface area (Å²) in [5.41, 5.74) is 1.59. The van der Waals surface area contributed by atoms with E-state index in [1.54, 1.807) is 20.2 Å². The van der Waals surface area contributed by atoms with Crippen molar-refractivity contribution in [3.63, 3.8) is 0 Å². The molecule has 0 saturated carbocycles. The van der Waals surface area contributed by atoms with Crippen LogP contribution >= 0.6 is 11.6 Å². The Balaban J connectivity index is 1.48. The molecule has 1 heterocycles. The largest absolute Gasteiger partial charge is 0.489 e. The number of urea groups is 1. The number of aryl methyl sites for hydroxylation is 1. The lowest BCUT2D eigenvalue weighted by Crippen LogP contribution is -2.35. The van der Waals surface area contributed by atoms with Crippen molar-refractivity contribution in [3.05, 3.63) is 53.1 Å². The van der Waals surface area contributed by atoms with E-state index >= 15 is 0 Å². The summed E-state index contributed by atoms with van der Waals surface area (Å²) in [4.78, 5) is 15.6. The summed E-state index contributed by atoms with van der Waals surface area (Å²) in [5.74, 6) is 1.34. The molecule has 2 aromatic carbocycles. The van der Waals surface area contributed by atoms with Crippen LogP contribution < -0.4 is 14.8 Å². The van der Waals surface area contributed by atoms with Gasteiger partial charge < -0.3 is 24.8 Å². The molecule has 0 spiro atoms. The van der Waals surface area contributed by atoms with Crippen LogP contribution in [0.25, 0.3) is 0 Å². The highest BCUT2D eigenvalue weighted by atomic mass is 35.5. The molecule has 2 aromatic rings. The minimum absolute atomic E-state index is 0.0823. The van der Waals surface area contributed by atoms with Crippen molar-refractivity contribution in [2.45, 2.75) is 25.6 Å². The van der Waals surface area contributed by atoms with Crippen LogP contribution in [0.5, 0.6) is 11.5 Å². The normalized spacial score (nSPS) is 17.3. The molecule has 168 valence electrons. The molecule has 0 aromatic heterocycles. The van der Waals surface area contributed by atoms with E-state index in [2.05, 4.69) is 10.2 Å². The maximum Gasteiger partial charge on any atom is 0.321 e. The van der Waals surface area contributed by atoms with Crippen molar-refractivity contribution in [1.82, 2.24) is 9.80 Å². The molecule has 31 heavy (non-hydrogen) atoms. The van der Waals surface area contributed by atoms with E-state index in [1.165, 1.54) is 4.90 Å². The van der Waals surface area contributed by atoms with Crippen molar-refractivity contribution in [1.29, 1.82) is 0 Å². The SMILES string of the molecule is Cc1ccc(NC(=O)N(C)C)c(OCC(O)CN2CCC(Oc3ccc(Cl)cc3)C2)c1. The number of benzene rings is 2. The molecule has 1 aliphatic rings. The van der Waals surface area contributed by atoms with E-state index in [1.807, 2.05) is 43.3 Å². The summed E-state index contributed by atoms with van der Waals surface area (Å²) in [7, 11) is 3.35. The van der Waals surface area contributed by atoms with Gasteiger partial charge in [-0.05, 0) is 55.3 Å². The summed E-state index contributed by atoms with van der Waals surface area (Å²) in [5, 5.41) is 14.0. The summed E-state index contributed by atoms with van der Waals surface area (Å²) in [6.07, 6.45) is 0.320. The Hall–Kier alpha value is -2.48. The number of nitrogens with zero attached hydrogens (tertiary/aromatic N) is 2. The molecule has 3 rings (SSSR count). The molecule has 1 saturated heterocycles. The second-order valence-electron chi connectivity index (χ2n) is 8.03. The molecule has 2 amide bonds. The molecule has 2 atom stereocenters. The van der Waals surface area contributed by atoms with Gasteiger partial charge in [0.2, 0.25) is 0 Å². The fraction of sp³-hybridized carbons (Fsp3) is 0.435. The van der Waals surface area contributed by atoms with Gasteiger partial charge in [0.1, 0.15) is 30.3 Å². The van der Waals surface area contributed by atoms with Crippen molar-refractivity contribution < 1.29 is 19.4 Å². The van der Waals surface area contributed by atoms with Crippen molar-refractivity contribution in [2.24, 2.45) is 0 Å². The number of nitrogens with one attached hydrogen (secondary N) is 1. The minimum Gasteiger partial charge on any atom is -0.489 e. The second kappa shape index (κ2) is 10.7. The van der Waals surface area contributed by atoms with Crippen molar-refractivity contribution in [3.8, 4) is 11.5 Å². The lowest BCUT2D eigenvalue weighted by molar-refractivity contribution is 0.0722. The number of anilines is 1. The third-order valence-electron chi connectivity index (χ3n) is 5.03. The zero-order valence-corrected chi connectivity index (χ0v) is 18.9. The van der Waals surface area contributed by atoms with Crippen LogP contribution in [0.4, 0.5) is 10.5 Å². The molecular weight excluding hydrogens is 418 g/mol. The van der Waals surface area contributed by atoms with Crippen LogP contribution in [0.2, 0.25) is 5.02 Å². The Morgan fingerprint density at radius 3 is 2.74 bits per heavy atom. The standard InChI is InChI=1S/C23H30ClN3O4/c1-16-4-9-21(25-23(29)26(2)3)22(12-16)30-15-18(28)13-27-11-10-20(14-27)31-19-7-5-17(24)6-8-19/h4-9,12,18,20,28H,10-11,13-15H2,1-3H3,(H,25,29). The molecule has 1 aliphatic heterocycles.